The van der Waals surface area contributed by atoms with Gasteiger partial charge in [-0.2, -0.15) is 0 Å². The Morgan fingerprint density at radius 2 is 1.96 bits per heavy atom. The summed E-state index contributed by atoms with van der Waals surface area (Å²) in [4.78, 5) is 29.0. The number of amides is 2. The maximum Gasteiger partial charge on any atom is 0.251 e. The van der Waals surface area contributed by atoms with Crippen LogP contribution in [-0.2, 0) is 14.3 Å². The molecular formula is C21H31N3O3. The van der Waals surface area contributed by atoms with Crippen LogP contribution in [0.5, 0.6) is 0 Å². The Morgan fingerprint density at radius 3 is 2.59 bits per heavy atom. The van der Waals surface area contributed by atoms with E-state index in [0.29, 0.717) is 32.2 Å². The van der Waals surface area contributed by atoms with Crippen molar-refractivity contribution < 1.29 is 14.3 Å². The number of anilines is 1. The Balaban J connectivity index is 1.51. The Morgan fingerprint density at radius 1 is 1.22 bits per heavy atom. The van der Waals surface area contributed by atoms with Crippen LogP contribution in [0.1, 0.15) is 43.7 Å². The Labute approximate surface area is 161 Å². The fourth-order valence-electron chi connectivity index (χ4n) is 3.83. The van der Waals surface area contributed by atoms with Crippen LogP contribution in [0.25, 0.3) is 0 Å². The minimum atomic E-state index is -0.254. The maximum atomic E-state index is 12.6. The number of carbonyl (C=O) groups is 2. The summed E-state index contributed by atoms with van der Waals surface area (Å²) in [6.45, 7) is 10.1. The van der Waals surface area contributed by atoms with Crippen molar-refractivity contribution in [1.29, 1.82) is 0 Å². The first-order valence-corrected chi connectivity index (χ1v) is 9.98. The van der Waals surface area contributed by atoms with Crippen molar-refractivity contribution in [2.75, 3.05) is 44.6 Å². The number of nitrogens with zero attached hydrogens (tertiary/aromatic N) is 2. The molecule has 1 atom stereocenters. The highest BCUT2D eigenvalue weighted by atomic mass is 16.5. The number of para-hydroxylation sites is 1. The second-order valence-electron chi connectivity index (χ2n) is 7.85. The van der Waals surface area contributed by atoms with Crippen molar-refractivity contribution in [2.24, 2.45) is 0 Å². The Kier molecular flexibility index (Phi) is 6.50. The maximum absolute atomic E-state index is 12.6. The van der Waals surface area contributed by atoms with E-state index in [4.69, 9.17) is 4.74 Å². The van der Waals surface area contributed by atoms with Gasteiger partial charge >= 0.3 is 0 Å². The van der Waals surface area contributed by atoms with E-state index < -0.39 is 0 Å². The van der Waals surface area contributed by atoms with Gasteiger partial charge in [-0.15, -0.1) is 0 Å². The van der Waals surface area contributed by atoms with Crippen molar-refractivity contribution in [3.8, 4) is 0 Å². The minimum absolute atomic E-state index is 0.00472. The van der Waals surface area contributed by atoms with Crippen molar-refractivity contribution >= 4 is 17.5 Å². The normalized spacial score (nSPS) is 20.9. The molecule has 6 nitrogen and oxygen atoms in total. The molecule has 27 heavy (non-hydrogen) atoms. The molecule has 1 unspecified atom stereocenters. The molecule has 2 fully saturated rings. The molecule has 0 spiro atoms. The number of nitrogens with one attached hydrogen (secondary N) is 1. The van der Waals surface area contributed by atoms with E-state index in [0.717, 1.165) is 42.7 Å². The summed E-state index contributed by atoms with van der Waals surface area (Å²) < 4.78 is 5.50. The van der Waals surface area contributed by atoms with Crippen molar-refractivity contribution in [2.45, 2.75) is 45.6 Å². The van der Waals surface area contributed by atoms with Crippen molar-refractivity contribution in [1.82, 2.24) is 9.80 Å². The third-order valence-corrected chi connectivity index (χ3v) is 5.45. The van der Waals surface area contributed by atoms with Gasteiger partial charge in [0.2, 0.25) is 5.91 Å². The highest BCUT2D eigenvalue weighted by Gasteiger charge is 2.30. The van der Waals surface area contributed by atoms with E-state index in [1.807, 2.05) is 24.0 Å². The van der Waals surface area contributed by atoms with Gasteiger partial charge in [-0.1, -0.05) is 32.0 Å². The number of benzene rings is 1. The summed E-state index contributed by atoms with van der Waals surface area (Å²) in [7, 11) is 0. The zero-order valence-corrected chi connectivity index (χ0v) is 16.7. The van der Waals surface area contributed by atoms with Crippen LogP contribution < -0.4 is 5.32 Å². The highest BCUT2D eigenvalue weighted by Crippen LogP contribution is 2.27. The molecule has 0 saturated carbocycles. The molecule has 2 heterocycles. The highest BCUT2D eigenvalue weighted by molar-refractivity contribution is 5.94. The average Bonchev–Trinajstić information content (AvgIpc) is 3.18. The molecule has 1 aromatic carbocycles. The second kappa shape index (κ2) is 8.85. The first-order valence-electron chi connectivity index (χ1n) is 9.98. The molecule has 1 aromatic rings. The summed E-state index contributed by atoms with van der Waals surface area (Å²) >= 11 is 0. The standard InChI is InChI=1S/C21H31N3O3/c1-15(2)17-7-4-6-16(3)20(17)22-19(25)14-23-9-11-24(12-10-23)21(26)18-8-5-13-27-18/h4,6-7,15,18H,5,8-14H2,1-3H3,(H,22,25). The van der Waals surface area contributed by atoms with Crippen LogP contribution in [0.15, 0.2) is 18.2 Å². The van der Waals surface area contributed by atoms with Crippen molar-refractivity contribution in [3.63, 3.8) is 0 Å². The number of rotatable bonds is 5. The second-order valence-corrected chi connectivity index (χ2v) is 7.85. The molecule has 148 valence electrons. The molecule has 0 radical (unpaired) electrons. The lowest BCUT2D eigenvalue weighted by Crippen LogP contribution is -2.52. The fourth-order valence-corrected chi connectivity index (χ4v) is 3.83. The third-order valence-electron chi connectivity index (χ3n) is 5.45. The van der Waals surface area contributed by atoms with Gasteiger partial charge in [-0.05, 0) is 36.8 Å². The van der Waals surface area contributed by atoms with Crippen LogP contribution in [0.2, 0.25) is 0 Å². The Hall–Kier alpha value is -1.92. The van der Waals surface area contributed by atoms with E-state index in [9.17, 15) is 9.59 Å². The van der Waals surface area contributed by atoms with E-state index in [-0.39, 0.29) is 17.9 Å². The number of ether oxygens (including phenoxy) is 1. The zero-order valence-electron chi connectivity index (χ0n) is 16.7. The third kappa shape index (κ3) is 4.87. The van der Waals surface area contributed by atoms with Gasteiger partial charge in [0.05, 0.1) is 6.54 Å². The molecule has 2 aliphatic rings. The van der Waals surface area contributed by atoms with Gasteiger partial charge in [0, 0.05) is 38.5 Å². The zero-order chi connectivity index (χ0) is 19.4. The molecule has 0 bridgehead atoms. The number of aryl methyl sites for hydroxylation is 1. The molecule has 2 aliphatic heterocycles. The summed E-state index contributed by atoms with van der Waals surface area (Å²) in [5.74, 6) is 0.468. The van der Waals surface area contributed by atoms with Crippen LogP contribution in [-0.4, -0.2) is 67.0 Å². The lowest BCUT2D eigenvalue weighted by Gasteiger charge is -2.35. The van der Waals surface area contributed by atoms with Gasteiger partial charge < -0.3 is 15.0 Å². The number of carbonyl (C=O) groups excluding carboxylic acids is 2. The lowest BCUT2D eigenvalue weighted by atomic mass is 9.98. The average molecular weight is 373 g/mol. The first-order chi connectivity index (χ1) is 13.0. The summed E-state index contributed by atoms with van der Waals surface area (Å²) in [6.07, 6.45) is 1.54. The topological polar surface area (TPSA) is 61.9 Å². The Bertz CT molecular complexity index is 675. The molecule has 6 heteroatoms. The largest absolute Gasteiger partial charge is 0.368 e. The number of piperazine rings is 1. The van der Waals surface area contributed by atoms with Crippen LogP contribution in [0.3, 0.4) is 0 Å². The van der Waals surface area contributed by atoms with Gasteiger partial charge in [0.1, 0.15) is 6.10 Å². The van der Waals surface area contributed by atoms with Crippen molar-refractivity contribution in [3.05, 3.63) is 29.3 Å². The van der Waals surface area contributed by atoms with Crippen LogP contribution in [0.4, 0.5) is 5.69 Å². The predicted molar refractivity (Wildman–Crippen MR) is 106 cm³/mol. The molecule has 3 rings (SSSR count). The molecule has 0 aromatic heterocycles. The number of hydrogen-bond acceptors (Lipinski definition) is 4. The van der Waals surface area contributed by atoms with E-state index in [1.165, 1.54) is 0 Å². The van der Waals surface area contributed by atoms with Gasteiger partial charge in [-0.3, -0.25) is 14.5 Å². The van der Waals surface area contributed by atoms with Gasteiger partial charge in [0.15, 0.2) is 0 Å². The minimum Gasteiger partial charge on any atom is -0.368 e. The lowest BCUT2D eigenvalue weighted by molar-refractivity contribution is -0.142. The fraction of sp³-hybridized carbons (Fsp3) is 0.619. The summed E-state index contributed by atoms with van der Waals surface area (Å²) in [5.41, 5.74) is 3.18. The van der Waals surface area contributed by atoms with Gasteiger partial charge in [-0.25, -0.2) is 0 Å². The van der Waals surface area contributed by atoms with E-state index in [1.54, 1.807) is 0 Å². The SMILES string of the molecule is Cc1cccc(C(C)C)c1NC(=O)CN1CCN(C(=O)C2CCCO2)CC1. The van der Waals surface area contributed by atoms with Gasteiger partial charge in [0.25, 0.3) is 5.91 Å². The van der Waals surface area contributed by atoms with Crippen LogP contribution in [0, 0.1) is 6.92 Å². The first kappa shape index (κ1) is 19.8. The summed E-state index contributed by atoms with van der Waals surface area (Å²) in [6, 6.07) is 6.13. The monoisotopic (exact) mass is 373 g/mol. The smallest absolute Gasteiger partial charge is 0.251 e. The quantitative estimate of drug-likeness (QED) is 0.861. The number of hydrogen-bond donors (Lipinski definition) is 1. The summed E-state index contributed by atoms with van der Waals surface area (Å²) in [5, 5.41) is 3.11. The van der Waals surface area contributed by atoms with E-state index in [2.05, 4.69) is 30.1 Å². The molecule has 2 saturated heterocycles. The molecule has 2 amide bonds. The molecule has 0 aliphatic carbocycles. The molecular weight excluding hydrogens is 342 g/mol. The van der Waals surface area contributed by atoms with Crippen LogP contribution >= 0.6 is 0 Å². The van der Waals surface area contributed by atoms with E-state index >= 15 is 0 Å². The molecule has 1 N–H and O–H groups in total. The predicted octanol–water partition coefficient (Wildman–Crippen LogP) is 2.38.